The van der Waals surface area contributed by atoms with Crippen molar-refractivity contribution in [1.29, 1.82) is 0 Å². The average molecular weight is 460 g/mol. The molecule has 0 bridgehead atoms. The van der Waals surface area contributed by atoms with E-state index in [4.69, 9.17) is 16.3 Å². The van der Waals surface area contributed by atoms with Crippen LogP contribution in [0.1, 0.15) is 5.56 Å². The molecule has 2 aliphatic heterocycles. The second-order valence-corrected chi connectivity index (χ2v) is 9.55. The first-order valence-corrected chi connectivity index (χ1v) is 11.6. The molecule has 0 aliphatic carbocycles. The quantitative estimate of drug-likeness (QED) is 0.644. The Labute approximate surface area is 184 Å². The molecule has 6 nitrogen and oxygen atoms in total. The summed E-state index contributed by atoms with van der Waals surface area (Å²) in [7, 11) is -3.36. The molecule has 31 heavy (non-hydrogen) atoms. The highest BCUT2D eigenvalue weighted by atomic mass is 35.5. The highest BCUT2D eigenvalue weighted by molar-refractivity contribution is 7.92. The van der Waals surface area contributed by atoms with Crippen LogP contribution in [0.2, 0.25) is 5.02 Å². The summed E-state index contributed by atoms with van der Waals surface area (Å²) in [6.45, 7) is 2.30. The van der Waals surface area contributed by atoms with Crippen molar-refractivity contribution in [3.05, 3.63) is 82.3 Å². The van der Waals surface area contributed by atoms with E-state index >= 15 is 0 Å². The fraction of sp³-hybridized carbons (Fsp3) is 0.182. The number of nitrogens with one attached hydrogen (secondary N) is 1. The topological polar surface area (TPSA) is 63.6 Å². The second-order valence-electron chi connectivity index (χ2n) is 7.55. The van der Waals surface area contributed by atoms with E-state index in [-0.39, 0.29) is 5.82 Å². The second kappa shape index (κ2) is 7.71. The molecule has 0 atom stereocenters. The van der Waals surface area contributed by atoms with Crippen LogP contribution in [0.3, 0.4) is 0 Å². The summed E-state index contributed by atoms with van der Waals surface area (Å²) in [4.78, 5) is 2.17. The molecule has 3 heterocycles. The first-order chi connectivity index (χ1) is 14.9. The zero-order valence-corrected chi connectivity index (χ0v) is 18.0. The molecule has 0 saturated carbocycles. The Hall–Kier alpha value is -2.81. The molecular weight excluding hydrogens is 441 g/mol. The van der Waals surface area contributed by atoms with Crippen LogP contribution in [0.4, 0.5) is 4.39 Å². The molecule has 1 aromatic heterocycles. The number of halogens is 2. The predicted molar refractivity (Wildman–Crippen MR) is 118 cm³/mol. The van der Waals surface area contributed by atoms with Crippen molar-refractivity contribution in [3.63, 3.8) is 0 Å². The van der Waals surface area contributed by atoms with E-state index < -0.39 is 10.0 Å². The van der Waals surface area contributed by atoms with Crippen molar-refractivity contribution < 1.29 is 17.5 Å². The molecule has 1 N–H and O–H groups in total. The predicted octanol–water partition coefficient (Wildman–Crippen LogP) is 3.95. The van der Waals surface area contributed by atoms with E-state index in [9.17, 15) is 12.8 Å². The molecule has 0 fully saturated rings. The molecule has 0 saturated heterocycles. The Morgan fingerprint density at radius 2 is 2.06 bits per heavy atom. The Bertz CT molecular complexity index is 1350. The number of nitrogens with zero attached hydrogens (tertiary/aromatic N) is 2. The molecule has 0 amide bonds. The van der Waals surface area contributed by atoms with Gasteiger partial charge in [-0.25, -0.2) is 12.8 Å². The molecule has 9 heteroatoms. The van der Waals surface area contributed by atoms with Crippen LogP contribution in [0.15, 0.2) is 65.9 Å². The molecule has 0 spiro atoms. The Morgan fingerprint density at radius 1 is 1.19 bits per heavy atom. The van der Waals surface area contributed by atoms with Crippen LogP contribution in [-0.2, 0) is 16.6 Å². The van der Waals surface area contributed by atoms with Gasteiger partial charge in [-0.05, 0) is 48.0 Å². The molecule has 5 rings (SSSR count). The number of sulfonamides is 1. The third-order valence-corrected chi connectivity index (χ3v) is 6.58. The van der Waals surface area contributed by atoms with Crippen molar-refractivity contribution in [2.24, 2.45) is 0 Å². The molecule has 160 valence electrons. The van der Waals surface area contributed by atoms with Gasteiger partial charge in [-0.1, -0.05) is 11.6 Å². The van der Waals surface area contributed by atoms with Crippen molar-refractivity contribution >= 4 is 32.5 Å². The average Bonchev–Trinajstić information content (AvgIpc) is 3.02. The first-order valence-electron chi connectivity index (χ1n) is 9.72. The van der Waals surface area contributed by atoms with Gasteiger partial charge in [0.2, 0.25) is 0 Å². The van der Waals surface area contributed by atoms with Gasteiger partial charge in [0.25, 0.3) is 10.0 Å². The Balaban J connectivity index is 1.46. The van der Waals surface area contributed by atoms with Crippen molar-refractivity contribution in [3.8, 4) is 11.4 Å². The first kappa shape index (κ1) is 20.1. The number of benzene rings is 2. The number of hydrogen-bond acceptors (Lipinski definition) is 4. The normalized spacial score (nSPS) is 18.1. The van der Waals surface area contributed by atoms with E-state index in [1.54, 1.807) is 12.1 Å². The van der Waals surface area contributed by atoms with E-state index in [1.807, 2.05) is 29.0 Å². The van der Waals surface area contributed by atoms with Gasteiger partial charge in [-0.3, -0.25) is 9.62 Å². The summed E-state index contributed by atoms with van der Waals surface area (Å²) in [6.07, 6.45) is 5.00. The highest BCUT2D eigenvalue weighted by Gasteiger charge is 2.21. The summed E-state index contributed by atoms with van der Waals surface area (Å²) < 4.78 is 46.8. The molecule has 2 aromatic carbocycles. The standard InChI is InChI=1S/C22H19ClFN3O3S/c23-20-11-19(27-5-3-16-9-18(24)1-2-21(16)27)10-17-14-26(6-7-30-22(17)20)13-15-4-8-31(28,29)25-12-15/h1-5,8-12,25H,6-7,13-14H2. The maximum atomic E-state index is 13.6. The van der Waals surface area contributed by atoms with Crippen molar-refractivity contribution in [2.75, 3.05) is 19.7 Å². The summed E-state index contributed by atoms with van der Waals surface area (Å²) >= 11 is 6.57. The number of hydrogen-bond donors (Lipinski definition) is 1. The van der Waals surface area contributed by atoms with Crippen LogP contribution in [0, 0.1) is 5.82 Å². The maximum absolute atomic E-state index is 13.6. The van der Waals surface area contributed by atoms with Gasteiger partial charge in [0.15, 0.2) is 0 Å². The summed E-state index contributed by atoms with van der Waals surface area (Å²) in [5.41, 5.74) is 3.54. The lowest BCUT2D eigenvalue weighted by Crippen LogP contribution is -2.29. The minimum absolute atomic E-state index is 0.275. The maximum Gasteiger partial charge on any atom is 0.254 e. The SMILES string of the molecule is O=S1(=O)C=CC(CN2CCOc3c(Cl)cc(-n4ccc5cc(F)ccc54)cc3C2)=CN1. The van der Waals surface area contributed by atoms with E-state index in [0.29, 0.717) is 37.0 Å². The minimum atomic E-state index is -3.36. The fourth-order valence-electron chi connectivity index (χ4n) is 3.90. The Morgan fingerprint density at radius 3 is 2.87 bits per heavy atom. The zero-order valence-electron chi connectivity index (χ0n) is 16.4. The van der Waals surface area contributed by atoms with Crippen molar-refractivity contribution in [1.82, 2.24) is 14.2 Å². The number of fused-ring (bicyclic) bond motifs is 2. The lowest BCUT2D eigenvalue weighted by molar-refractivity contribution is 0.240. The van der Waals surface area contributed by atoms with Crippen LogP contribution in [0.25, 0.3) is 16.6 Å². The number of rotatable bonds is 3. The van der Waals surface area contributed by atoms with Crippen LogP contribution >= 0.6 is 11.6 Å². The molecule has 3 aromatic rings. The highest BCUT2D eigenvalue weighted by Crippen LogP contribution is 2.35. The smallest absolute Gasteiger partial charge is 0.254 e. The molecular formula is C22H19ClFN3O3S. The van der Waals surface area contributed by atoms with Gasteiger partial charge < -0.3 is 9.30 Å². The largest absolute Gasteiger partial charge is 0.490 e. The fourth-order valence-corrected chi connectivity index (χ4v) is 4.94. The molecule has 0 radical (unpaired) electrons. The van der Waals surface area contributed by atoms with Gasteiger partial charge >= 0.3 is 0 Å². The minimum Gasteiger partial charge on any atom is -0.490 e. The Kier molecular flexibility index (Phi) is 5.00. The van der Waals surface area contributed by atoms with Gasteiger partial charge in [0, 0.05) is 48.7 Å². The van der Waals surface area contributed by atoms with Crippen LogP contribution in [0.5, 0.6) is 5.75 Å². The van der Waals surface area contributed by atoms with Gasteiger partial charge in [-0.2, -0.15) is 0 Å². The third-order valence-electron chi connectivity index (χ3n) is 5.36. The summed E-state index contributed by atoms with van der Waals surface area (Å²) in [5, 5.41) is 2.49. The van der Waals surface area contributed by atoms with Gasteiger partial charge in [-0.15, -0.1) is 0 Å². The number of ether oxygens (including phenoxy) is 1. The van der Waals surface area contributed by atoms with Crippen LogP contribution < -0.4 is 9.46 Å². The van der Waals surface area contributed by atoms with E-state index in [2.05, 4.69) is 9.62 Å². The lowest BCUT2D eigenvalue weighted by atomic mass is 10.1. The van der Waals surface area contributed by atoms with Gasteiger partial charge in [0.05, 0.1) is 15.9 Å². The summed E-state index contributed by atoms with van der Waals surface area (Å²) in [6, 6.07) is 10.4. The van der Waals surface area contributed by atoms with Crippen molar-refractivity contribution in [2.45, 2.75) is 6.54 Å². The summed E-state index contributed by atoms with van der Waals surface area (Å²) in [5.74, 6) is 0.381. The number of aromatic nitrogens is 1. The molecule has 0 unspecified atom stereocenters. The molecule has 2 aliphatic rings. The van der Waals surface area contributed by atoms with Gasteiger partial charge in [0.1, 0.15) is 18.2 Å². The zero-order chi connectivity index (χ0) is 21.6. The van der Waals surface area contributed by atoms with Crippen LogP contribution in [-0.4, -0.2) is 37.6 Å². The lowest BCUT2D eigenvalue weighted by Gasteiger charge is -2.21. The third kappa shape index (κ3) is 4.06. The monoisotopic (exact) mass is 459 g/mol. The van der Waals surface area contributed by atoms with E-state index in [1.165, 1.54) is 23.7 Å². The van der Waals surface area contributed by atoms with E-state index in [0.717, 1.165) is 27.7 Å².